The van der Waals surface area contributed by atoms with Gasteiger partial charge in [-0.05, 0) is 62.7 Å². The lowest BCUT2D eigenvalue weighted by Gasteiger charge is -2.30. The van der Waals surface area contributed by atoms with Crippen molar-refractivity contribution in [3.05, 3.63) is 23.9 Å². The second-order valence-electron chi connectivity index (χ2n) is 5.40. The van der Waals surface area contributed by atoms with Gasteiger partial charge in [-0.3, -0.25) is 0 Å². The number of aromatic nitrogens is 1. The molecule has 1 fully saturated rings. The quantitative estimate of drug-likeness (QED) is 0.752. The first-order valence-electron chi connectivity index (χ1n) is 7.37. The molecule has 1 aliphatic rings. The third-order valence-electron chi connectivity index (χ3n) is 3.99. The minimum atomic E-state index is -4.30. The van der Waals surface area contributed by atoms with Crippen LogP contribution in [0.25, 0.3) is 0 Å². The molecular formula is C15H21F3N2S. The van der Waals surface area contributed by atoms with Crippen molar-refractivity contribution in [2.24, 2.45) is 5.92 Å². The molecule has 0 aromatic carbocycles. The molecule has 0 bridgehead atoms. The lowest BCUT2D eigenvalue weighted by atomic mass is 9.94. The molecule has 2 nitrogen and oxygen atoms in total. The van der Waals surface area contributed by atoms with Crippen molar-refractivity contribution in [3.8, 4) is 0 Å². The summed E-state index contributed by atoms with van der Waals surface area (Å²) in [6.45, 7) is 5.65. The van der Waals surface area contributed by atoms with Crippen LogP contribution in [-0.4, -0.2) is 35.3 Å². The number of hydrogen-bond acceptors (Lipinski definition) is 3. The highest BCUT2D eigenvalue weighted by atomic mass is 32.2. The summed E-state index contributed by atoms with van der Waals surface area (Å²) in [5, 5.41) is 0.675. The van der Waals surface area contributed by atoms with E-state index in [-0.39, 0.29) is 0 Å². The molecule has 2 heterocycles. The van der Waals surface area contributed by atoms with Crippen LogP contribution in [0.1, 0.15) is 31.7 Å². The Hall–Kier alpha value is -0.750. The number of pyridine rings is 1. The molecule has 118 valence electrons. The van der Waals surface area contributed by atoms with Gasteiger partial charge >= 0.3 is 6.18 Å². The molecule has 0 radical (unpaired) electrons. The predicted octanol–water partition coefficient (Wildman–Crippen LogP) is 4.31. The van der Waals surface area contributed by atoms with Gasteiger partial charge in [-0.1, -0.05) is 6.92 Å². The molecule has 1 aliphatic heterocycles. The molecule has 0 saturated carbocycles. The van der Waals surface area contributed by atoms with Gasteiger partial charge in [0.05, 0.1) is 10.6 Å². The van der Waals surface area contributed by atoms with Gasteiger partial charge in [0.2, 0.25) is 0 Å². The lowest BCUT2D eigenvalue weighted by molar-refractivity contribution is -0.137. The fourth-order valence-electron chi connectivity index (χ4n) is 2.55. The summed E-state index contributed by atoms with van der Waals surface area (Å²) in [6.07, 6.45) is 0.195. The Morgan fingerprint density at radius 2 is 2.00 bits per heavy atom. The highest BCUT2D eigenvalue weighted by Gasteiger charge is 2.30. The Morgan fingerprint density at radius 3 is 2.52 bits per heavy atom. The van der Waals surface area contributed by atoms with Crippen LogP contribution < -0.4 is 0 Å². The van der Waals surface area contributed by atoms with E-state index in [4.69, 9.17) is 0 Å². The van der Waals surface area contributed by atoms with Crippen LogP contribution in [0, 0.1) is 5.92 Å². The molecule has 1 aromatic rings. The van der Waals surface area contributed by atoms with E-state index in [0.717, 1.165) is 36.9 Å². The molecule has 0 unspecified atom stereocenters. The van der Waals surface area contributed by atoms with E-state index in [1.165, 1.54) is 32.0 Å². The number of nitrogens with zero attached hydrogens (tertiary/aromatic N) is 2. The highest BCUT2D eigenvalue weighted by molar-refractivity contribution is 7.99. The average Bonchev–Trinajstić information content (AvgIpc) is 2.47. The Bertz CT molecular complexity index is 426. The van der Waals surface area contributed by atoms with Crippen molar-refractivity contribution in [2.75, 3.05) is 25.4 Å². The van der Waals surface area contributed by atoms with Crippen molar-refractivity contribution in [1.29, 1.82) is 0 Å². The van der Waals surface area contributed by atoms with E-state index in [2.05, 4.69) is 16.8 Å². The smallest absolute Gasteiger partial charge is 0.304 e. The molecule has 21 heavy (non-hydrogen) atoms. The van der Waals surface area contributed by atoms with Crippen LogP contribution in [0.15, 0.2) is 23.4 Å². The molecule has 1 aromatic heterocycles. The van der Waals surface area contributed by atoms with Crippen LogP contribution in [0.2, 0.25) is 0 Å². The van der Waals surface area contributed by atoms with E-state index < -0.39 is 11.7 Å². The summed E-state index contributed by atoms with van der Waals surface area (Å²) in [5.74, 6) is 1.67. The van der Waals surface area contributed by atoms with Gasteiger partial charge in [0.15, 0.2) is 0 Å². The van der Waals surface area contributed by atoms with Gasteiger partial charge in [0.25, 0.3) is 0 Å². The predicted molar refractivity (Wildman–Crippen MR) is 79.4 cm³/mol. The lowest BCUT2D eigenvalue weighted by Crippen LogP contribution is -2.33. The fraction of sp³-hybridized carbons (Fsp3) is 0.667. The Morgan fingerprint density at radius 1 is 1.29 bits per heavy atom. The summed E-state index contributed by atoms with van der Waals surface area (Å²) in [4.78, 5) is 6.35. The third-order valence-corrected chi connectivity index (χ3v) is 4.97. The van der Waals surface area contributed by atoms with Crippen LogP contribution >= 0.6 is 11.8 Å². The second kappa shape index (κ2) is 7.49. The normalized spacial score (nSPS) is 18.1. The second-order valence-corrected chi connectivity index (χ2v) is 6.51. The van der Waals surface area contributed by atoms with E-state index in [9.17, 15) is 13.2 Å². The average molecular weight is 318 g/mol. The summed E-state index contributed by atoms with van der Waals surface area (Å²) in [7, 11) is 0. The number of halogens is 3. The Balaban J connectivity index is 1.72. The molecule has 6 heteroatoms. The third kappa shape index (κ3) is 5.18. The number of rotatable bonds is 5. The molecule has 1 saturated heterocycles. The van der Waals surface area contributed by atoms with Crippen molar-refractivity contribution in [3.63, 3.8) is 0 Å². The highest BCUT2D eigenvalue weighted by Crippen LogP contribution is 2.30. The van der Waals surface area contributed by atoms with Crippen molar-refractivity contribution in [2.45, 2.75) is 37.4 Å². The topological polar surface area (TPSA) is 16.1 Å². The van der Waals surface area contributed by atoms with E-state index in [1.54, 1.807) is 11.8 Å². The largest absolute Gasteiger partial charge is 0.417 e. The standard InChI is InChI=1S/C15H21F3N2S/c1-2-20-8-5-12(6-9-20)7-10-21-14-4-3-13(11-19-14)15(16,17)18/h3-4,11-12H,2,5-10H2,1H3. The number of alkyl halides is 3. The molecule has 0 amide bonds. The van der Waals surface area contributed by atoms with Gasteiger partial charge in [0, 0.05) is 6.20 Å². The Labute approximate surface area is 128 Å². The molecule has 0 atom stereocenters. The first kappa shape index (κ1) is 16.6. The summed E-state index contributed by atoms with van der Waals surface area (Å²) < 4.78 is 37.3. The first-order valence-corrected chi connectivity index (χ1v) is 8.36. The minimum absolute atomic E-state index is 0.675. The number of hydrogen-bond donors (Lipinski definition) is 0. The maximum absolute atomic E-state index is 12.4. The summed E-state index contributed by atoms with van der Waals surface area (Å²) in [5.41, 5.74) is -0.682. The molecular weight excluding hydrogens is 297 g/mol. The monoisotopic (exact) mass is 318 g/mol. The van der Waals surface area contributed by atoms with Crippen molar-refractivity contribution in [1.82, 2.24) is 9.88 Å². The van der Waals surface area contributed by atoms with E-state index in [0.29, 0.717) is 5.03 Å². The SMILES string of the molecule is CCN1CCC(CCSc2ccc(C(F)(F)F)cn2)CC1. The number of thioether (sulfide) groups is 1. The Kier molecular flexibility index (Phi) is 5.93. The van der Waals surface area contributed by atoms with E-state index >= 15 is 0 Å². The van der Waals surface area contributed by atoms with Gasteiger partial charge in [0.1, 0.15) is 0 Å². The van der Waals surface area contributed by atoms with Crippen molar-refractivity contribution < 1.29 is 13.2 Å². The fourth-order valence-corrected chi connectivity index (χ4v) is 3.51. The summed E-state index contributed by atoms with van der Waals surface area (Å²) >= 11 is 1.55. The number of piperidine rings is 1. The van der Waals surface area contributed by atoms with E-state index in [1.807, 2.05) is 0 Å². The van der Waals surface area contributed by atoms with Crippen molar-refractivity contribution >= 4 is 11.8 Å². The van der Waals surface area contributed by atoms with Gasteiger partial charge in [-0.2, -0.15) is 13.2 Å². The van der Waals surface area contributed by atoms with Crippen LogP contribution in [0.5, 0.6) is 0 Å². The van der Waals surface area contributed by atoms with Crippen LogP contribution in [0.4, 0.5) is 13.2 Å². The van der Waals surface area contributed by atoms with Gasteiger partial charge in [-0.15, -0.1) is 11.8 Å². The molecule has 0 spiro atoms. The van der Waals surface area contributed by atoms with Gasteiger partial charge in [-0.25, -0.2) is 4.98 Å². The molecule has 2 rings (SSSR count). The first-order chi connectivity index (χ1) is 9.99. The maximum Gasteiger partial charge on any atom is 0.417 e. The van der Waals surface area contributed by atoms with Gasteiger partial charge < -0.3 is 4.90 Å². The minimum Gasteiger partial charge on any atom is -0.304 e. The van der Waals surface area contributed by atoms with Crippen LogP contribution in [0.3, 0.4) is 0 Å². The molecule has 0 aliphatic carbocycles. The zero-order valence-corrected chi connectivity index (χ0v) is 13.0. The van der Waals surface area contributed by atoms with Crippen LogP contribution in [-0.2, 0) is 6.18 Å². The zero-order chi connectivity index (χ0) is 15.3. The maximum atomic E-state index is 12.4. The zero-order valence-electron chi connectivity index (χ0n) is 12.2. The molecule has 0 N–H and O–H groups in total. The number of likely N-dealkylation sites (tertiary alicyclic amines) is 1. The summed E-state index contributed by atoms with van der Waals surface area (Å²) in [6, 6.07) is 2.57.